The lowest BCUT2D eigenvalue weighted by Crippen LogP contribution is -2.19. The summed E-state index contributed by atoms with van der Waals surface area (Å²) in [6.07, 6.45) is 0. The number of methoxy groups -OCH3 is 1. The lowest BCUT2D eigenvalue weighted by Gasteiger charge is -2.16. The number of hydrogen-bond acceptors (Lipinski definition) is 1. The maximum Gasteiger partial charge on any atom is 0.170 e. The van der Waals surface area contributed by atoms with Gasteiger partial charge in [-0.05, 0) is 24.0 Å². The van der Waals surface area contributed by atoms with Gasteiger partial charge >= 0.3 is 0 Å². The minimum atomic E-state index is -1.85. The Morgan fingerprint density at radius 3 is 1.91 bits per heavy atom. The lowest BCUT2D eigenvalue weighted by atomic mass is 9.90. The highest BCUT2D eigenvalue weighted by molar-refractivity contribution is 6.33. The van der Waals surface area contributed by atoms with Gasteiger partial charge < -0.3 is 4.74 Å². The molecule has 22 heavy (non-hydrogen) atoms. The third-order valence-corrected chi connectivity index (χ3v) is 3.11. The van der Waals surface area contributed by atoms with Gasteiger partial charge in [0.25, 0.3) is 0 Å². The Bertz CT molecular complexity index is 775. The first-order chi connectivity index (χ1) is 10.2. The van der Waals surface area contributed by atoms with Gasteiger partial charge in [-0.2, -0.15) is 0 Å². The Hall–Kier alpha value is -2.12. The van der Waals surface area contributed by atoms with Crippen molar-refractivity contribution in [2.45, 2.75) is 6.92 Å². The third-order valence-electron chi connectivity index (χ3n) is 3.11. The van der Waals surface area contributed by atoms with Gasteiger partial charge in [-0.25, -0.2) is 26.3 Å². The molecule has 0 saturated carbocycles. The third kappa shape index (κ3) is 2.22. The SMILES string of the molecule is [B]c1c(F)c(F)c(-c2c(F)cc(C)c(F)c2F)c(OC)c1F. The molecule has 0 N–H and O–H groups in total. The molecule has 2 radical (unpaired) electrons. The van der Waals surface area contributed by atoms with Gasteiger partial charge in [0.15, 0.2) is 34.8 Å². The number of ether oxygens (including phenoxy) is 1. The fourth-order valence-corrected chi connectivity index (χ4v) is 2.01. The van der Waals surface area contributed by atoms with Crippen LogP contribution in [-0.4, -0.2) is 15.0 Å². The second kappa shape index (κ2) is 5.59. The van der Waals surface area contributed by atoms with E-state index in [1.165, 1.54) is 0 Å². The van der Waals surface area contributed by atoms with Crippen LogP contribution in [0.15, 0.2) is 6.07 Å². The minimum Gasteiger partial charge on any atom is -0.493 e. The molecule has 0 aliphatic carbocycles. The maximum absolute atomic E-state index is 14.0. The second-order valence-corrected chi connectivity index (χ2v) is 4.44. The Balaban J connectivity index is 2.99. The summed E-state index contributed by atoms with van der Waals surface area (Å²) in [7, 11) is 5.86. The molecule has 0 saturated heterocycles. The molecule has 0 aliphatic heterocycles. The average molecular weight is 316 g/mol. The highest BCUT2D eigenvalue weighted by atomic mass is 19.2. The monoisotopic (exact) mass is 316 g/mol. The first kappa shape index (κ1) is 16.3. The number of aryl methyl sites for hydroxylation is 1. The van der Waals surface area contributed by atoms with Crippen LogP contribution in [0.25, 0.3) is 11.1 Å². The topological polar surface area (TPSA) is 9.23 Å². The van der Waals surface area contributed by atoms with Crippen molar-refractivity contribution in [2.24, 2.45) is 0 Å². The van der Waals surface area contributed by atoms with Crippen LogP contribution in [0.2, 0.25) is 0 Å². The van der Waals surface area contributed by atoms with E-state index in [0.29, 0.717) is 6.07 Å². The maximum atomic E-state index is 14.0. The molecule has 0 bridgehead atoms. The largest absolute Gasteiger partial charge is 0.493 e. The van der Waals surface area contributed by atoms with E-state index in [-0.39, 0.29) is 0 Å². The van der Waals surface area contributed by atoms with E-state index in [1.807, 2.05) is 0 Å². The number of benzene rings is 2. The fraction of sp³-hybridized carbons (Fsp3) is 0.143. The molecule has 2 aromatic carbocycles. The van der Waals surface area contributed by atoms with Crippen LogP contribution < -0.4 is 10.2 Å². The van der Waals surface area contributed by atoms with Crippen LogP contribution in [0.3, 0.4) is 0 Å². The van der Waals surface area contributed by atoms with Crippen molar-refractivity contribution in [3.63, 3.8) is 0 Å². The zero-order valence-electron chi connectivity index (χ0n) is 11.3. The standard InChI is InChI=1S/C14H7BF6O/c1-4-3-5(16)6(10(18)9(4)17)7-11(19)12(20)8(15)13(21)14(7)22-2/h3H,1-2H3. The number of halogens is 6. The smallest absolute Gasteiger partial charge is 0.170 e. The Kier molecular flexibility index (Phi) is 4.13. The van der Waals surface area contributed by atoms with Crippen LogP contribution in [0.4, 0.5) is 26.3 Å². The van der Waals surface area contributed by atoms with E-state index in [1.54, 1.807) is 0 Å². The van der Waals surface area contributed by atoms with Crippen LogP contribution in [0.5, 0.6) is 5.75 Å². The van der Waals surface area contributed by atoms with Crippen molar-refractivity contribution in [3.8, 4) is 16.9 Å². The molecule has 0 atom stereocenters. The van der Waals surface area contributed by atoms with Crippen molar-refractivity contribution in [3.05, 3.63) is 46.5 Å². The highest BCUT2D eigenvalue weighted by Crippen LogP contribution is 2.39. The first-order valence-electron chi connectivity index (χ1n) is 5.86. The Morgan fingerprint density at radius 2 is 1.36 bits per heavy atom. The van der Waals surface area contributed by atoms with Crippen molar-refractivity contribution in [2.75, 3.05) is 7.11 Å². The summed E-state index contributed by atoms with van der Waals surface area (Å²) in [4.78, 5) is 0. The van der Waals surface area contributed by atoms with Gasteiger partial charge in [0.05, 0.1) is 18.2 Å². The zero-order valence-corrected chi connectivity index (χ0v) is 11.3. The molecule has 0 unspecified atom stereocenters. The molecule has 1 nitrogen and oxygen atoms in total. The summed E-state index contributed by atoms with van der Waals surface area (Å²) in [6, 6.07) is 0.568. The average Bonchev–Trinajstić information content (AvgIpc) is 2.48. The lowest BCUT2D eigenvalue weighted by molar-refractivity contribution is 0.380. The fourth-order valence-electron chi connectivity index (χ4n) is 2.01. The van der Waals surface area contributed by atoms with E-state index >= 15 is 0 Å². The quantitative estimate of drug-likeness (QED) is 0.469. The summed E-state index contributed by atoms with van der Waals surface area (Å²) in [5.74, 6) is -11.0. The second-order valence-electron chi connectivity index (χ2n) is 4.44. The highest BCUT2D eigenvalue weighted by Gasteiger charge is 2.30. The van der Waals surface area contributed by atoms with E-state index in [2.05, 4.69) is 4.74 Å². The molecule has 0 spiro atoms. The van der Waals surface area contributed by atoms with E-state index in [9.17, 15) is 26.3 Å². The van der Waals surface area contributed by atoms with Crippen LogP contribution in [0.1, 0.15) is 5.56 Å². The molecule has 114 valence electrons. The molecule has 0 aliphatic rings. The van der Waals surface area contributed by atoms with Crippen LogP contribution in [-0.2, 0) is 0 Å². The first-order valence-corrected chi connectivity index (χ1v) is 5.86. The van der Waals surface area contributed by atoms with Gasteiger partial charge in [-0.1, -0.05) is 0 Å². The molecule has 0 fully saturated rings. The van der Waals surface area contributed by atoms with Gasteiger partial charge in [0, 0.05) is 0 Å². The molecule has 2 rings (SSSR count). The van der Waals surface area contributed by atoms with Crippen LogP contribution in [0, 0.1) is 41.8 Å². The normalized spacial score (nSPS) is 10.9. The number of hydrogen-bond donors (Lipinski definition) is 0. The van der Waals surface area contributed by atoms with E-state index in [4.69, 9.17) is 7.85 Å². The van der Waals surface area contributed by atoms with Gasteiger partial charge in [0.2, 0.25) is 0 Å². The molecular formula is C14H7BF6O. The van der Waals surface area contributed by atoms with Crippen molar-refractivity contribution in [1.82, 2.24) is 0 Å². The Labute approximate surface area is 122 Å². The van der Waals surface area contributed by atoms with E-state index in [0.717, 1.165) is 14.0 Å². The van der Waals surface area contributed by atoms with Crippen molar-refractivity contribution < 1.29 is 31.1 Å². The Morgan fingerprint density at radius 1 is 0.818 bits per heavy atom. The molecule has 2 aromatic rings. The van der Waals surface area contributed by atoms with Gasteiger partial charge in [-0.3, -0.25) is 0 Å². The predicted molar refractivity (Wildman–Crippen MR) is 68.3 cm³/mol. The minimum absolute atomic E-state index is 0.394. The summed E-state index contributed by atoms with van der Waals surface area (Å²) >= 11 is 0. The molecular weight excluding hydrogens is 309 g/mol. The summed E-state index contributed by atoms with van der Waals surface area (Å²) < 4.78 is 87.4. The summed E-state index contributed by atoms with van der Waals surface area (Å²) in [6.45, 7) is 1.07. The number of rotatable bonds is 2. The molecule has 8 heteroatoms. The van der Waals surface area contributed by atoms with E-state index < -0.39 is 62.8 Å². The van der Waals surface area contributed by atoms with Gasteiger partial charge in [0.1, 0.15) is 13.7 Å². The molecule has 0 heterocycles. The van der Waals surface area contributed by atoms with Gasteiger partial charge in [-0.15, -0.1) is 0 Å². The molecule has 0 aromatic heterocycles. The zero-order chi connectivity index (χ0) is 16.8. The van der Waals surface area contributed by atoms with Crippen LogP contribution >= 0.6 is 0 Å². The van der Waals surface area contributed by atoms with Crippen molar-refractivity contribution in [1.29, 1.82) is 0 Å². The summed E-state index contributed by atoms with van der Waals surface area (Å²) in [5.41, 5.74) is -4.11. The van der Waals surface area contributed by atoms with Crippen molar-refractivity contribution >= 4 is 13.3 Å². The summed E-state index contributed by atoms with van der Waals surface area (Å²) in [5, 5.41) is 0. The molecule has 0 amide bonds. The predicted octanol–water partition coefficient (Wildman–Crippen LogP) is 3.30.